The highest BCUT2D eigenvalue weighted by atomic mass is 32.1. The molecule has 0 saturated carbocycles. The van der Waals surface area contributed by atoms with Gasteiger partial charge in [0.1, 0.15) is 0 Å². The van der Waals surface area contributed by atoms with Crippen LogP contribution in [0, 0.1) is 6.92 Å². The minimum Gasteiger partial charge on any atom is -0.143 e. The smallest absolute Gasteiger partial charge is 0.0481 e. The van der Waals surface area contributed by atoms with Crippen LogP contribution in [0.4, 0.5) is 0 Å². The summed E-state index contributed by atoms with van der Waals surface area (Å²) in [6.45, 7) is 9.04. The van der Waals surface area contributed by atoms with Crippen LogP contribution in [0.15, 0.2) is 83.6 Å². The average Bonchev–Trinajstić information content (AvgIpc) is 3.93. The Balaban J connectivity index is 1.07. The molecular formula is C39H32S8. The Bertz CT molecular complexity index is 2290. The van der Waals surface area contributed by atoms with Gasteiger partial charge in [0.2, 0.25) is 0 Å². The van der Waals surface area contributed by atoms with Crippen molar-refractivity contribution in [2.75, 3.05) is 0 Å². The summed E-state index contributed by atoms with van der Waals surface area (Å²) in [6.07, 6.45) is 3.17. The third kappa shape index (κ3) is 6.06. The van der Waals surface area contributed by atoms with E-state index >= 15 is 0 Å². The van der Waals surface area contributed by atoms with Gasteiger partial charge in [-0.05, 0) is 132 Å². The Labute approximate surface area is 309 Å². The van der Waals surface area contributed by atoms with E-state index in [4.69, 9.17) is 0 Å². The van der Waals surface area contributed by atoms with Crippen LogP contribution in [0.3, 0.4) is 0 Å². The normalized spacial score (nSPS) is 11.7. The lowest BCUT2D eigenvalue weighted by Crippen LogP contribution is -1.76. The molecule has 8 heterocycles. The topological polar surface area (TPSA) is 0 Å². The molecule has 8 rings (SSSR count). The minimum absolute atomic E-state index is 1.04. The van der Waals surface area contributed by atoms with Crippen molar-refractivity contribution in [2.45, 2.75) is 47.0 Å². The molecule has 47 heavy (non-hydrogen) atoms. The zero-order valence-electron chi connectivity index (χ0n) is 26.5. The predicted molar refractivity (Wildman–Crippen MR) is 220 cm³/mol. The van der Waals surface area contributed by atoms with Gasteiger partial charge in [0.25, 0.3) is 0 Å². The van der Waals surface area contributed by atoms with Gasteiger partial charge in [-0.2, -0.15) is 0 Å². The van der Waals surface area contributed by atoms with Crippen molar-refractivity contribution >= 4 is 90.7 Å². The van der Waals surface area contributed by atoms with Crippen molar-refractivity contribution < 1.29 is 0 Å². The van der Waals surface area contributed by atoms with E-state index in [1.54, 1.807) is 0 Å². The van der Waals surface area contributed by atoms with Gasteiger partial charge in [-0.25, -0.2) is 0 Å². The molecule has 0 aliphatic rings. The van der Waals surface area contributed by atoms with E-state index < -0.39 is 0 Å². The molecule has 0 aromatic carbocycles. The largest absolute Gasteiger partial charge is 0.143 e. The fraction of sp³-hybridized carbons (Fsp3) is 0.179. The molecule has 0 radical (unpaired) electrons. The molecule has 0 aliphatic heterocycles. The summed E-state index contributed by atoms with van der Waals surface area (Å²) >= 11 is 15.4. The van der Waals surface area contributed by atoms with Crippen LogP contribution in [-0.4, -0.2) is 0 Å². The summed E-state index contributed by atoms with van der Waals surface area (Å²) in [4.78, 5) is 19.5. The van der Waals surface area contributed by atoms with Crippen LogP contribution >= 0.6 is 90.7 Å². The summed E-state index contributed by atoms with van der Waals surface area (Å²) < 4.78 is 0. The first-order valence-electron chi connectivity index (χ1n) is 15.8. The Morgan fingerprint density at radius 2 is 0.745 bits per heavy atom. The zero-order chi connectivity index (χ0) is 32.1. The van der Waals surface area contributed by atoms with Crippen molar-refractivity contribution in [3.05, 3.63) is 106 Å². The molecule has 0 unspecified atom stereocenters. The zero-order valence-corrected chi connectivity index (χ0v) is 33.0. The molecule has 0 bridgehead atoms. The summed E-state index contributed by atoms with van der Waals surface area (Å²) in [6, 6.07) is 28.0. The molecule has 0 N–H and O–H groups in total. The maximum atomic E-state index is 2.46. The minimum atomic E-state index is 1.04. The average molecular weight is 757 g/mol. The van der Waals surface area contributed by atoms with E-state index in [2.05, 4.69) is 111 Å². The lowest BCUT2D eigenvalue weighted by Gasteiger charge is -1.97. The summed E-state index contributed by atoms with van der Waals surface area (Å²) in [5, 5.41) is 4.42. The molecule has 0 aliphatic carbocycles. The highest BCUT2D eigenvalue weighted by Crippen LogP contribution is 2.50. The summed E-state index contributed by atoms with van der Waals surface area (Å²) in [5.41, 5.74) is 5.74. The third-order valence-corrected chi connectivity index (χ3v) is 18.4. The SMILES string of the molecule is CCc1ccsc1-c1ccc(-c2ccc(-c3sc(-c4cc(CC)c(-c5ccc(-c6ccc(-c7sccc7C)s6)s5)s4)cc3CC)s2)s1. The van der Waals surface area contributed by atoms with Crippen molar-refractivity contribution in [3.8, 4) is 68.3 Å². The molecule has 8 aromatic heterocycles. The lowest BCUT2D eigenvalue weighted by atomic mass is 10.1. The van der Waals surface area contributed by atoms with Crippen LogP contribution in [0.2, 0.25) is 0 Å². The standard InChI is InChI=1S/C39H32S8/c1-5-23-17-19-41-37(23)31-13-9-27(43-31)29-11-15-33(45-29)39-25(7-3)21-35(47-39)34-20-24(6-2)38(46-34)32-14-10-28(44-32)26-8-12-30(42-26)36-22(4)16-18-40-36/h8-21H,5-7H2,1-4H3. The number of rotatable bonds is 10. The van der Waals surface area contributed by atoms with Crippen LogP contribution in [0.1, 0.15) is 43.0 Å². The maximum absolute atomic E-state index is 2.46. The molecular weight excluding hydrogens is 725 g/mol. The first kappa shape index (κ1) is 31.8. The third-order valence-electron chi connectivity index (χ3n) is 8.42. The molecule has 236 valence electrons. The van der Waals surface area contributed by atoms with Crippen molar-refractivity contribution in [3.63, 3.8) is 0 Å². The fourth-order valence-electron chi connectivity index (χ4n) is 5.87. The lowest BCUT2D eigenvalue weighted by molar-refractivity contribution is 1.16. The van der Waals surface area contributed by atoms with E-state index in [1.807, 2.05) is 90.7 Å². The van der Waals surface area contributed by atoms with Crippen molar-refractivity contribution in [2.24, 2.45) is 0 Å². The van der Waals surface area contributed by atoms with Crippen LogP contribution < -0.4 is 0 Å². The first-order chi connectivity index (χ1) is 23.0. The predicted octanol–water partition coefficient (Wildman–Crippen LogP) is 15.8. The van der Waals surface area contributed by atoms with Crippen LogP contribution in [-0.2, 0) is 19.3 Å². The highest BCUT2D eigenvalue weighted by Gasteiger charge is 2.20. The molecule has 0 atom stereocenters. The van der Waals surface area contributed by atoms with E-state index in [1.165, 1.54) is 90.5 Å². The van der Waals surface area contributed by atoms with E-state index in [0.717, 1.165) is 19.3 Å². The second-order valence-electron chi connectivity index (χ2n) is 11.4. The van der Waals surface area contributed by atoms with Gasteiger partial charge in [-0.1, -0.05) is 20.8 Å². The monoisotopic (exact) mass is 756 g/mol. The Morgan fingerprint density at radius 1 is 0.362 bits per heavy atom. The number of hydrogen-bond donors (Lipinski definition) is 0. The molecule has 8 heteroatoms. The highest BCUT2D eigenvalue weighted by molar-refractivity contribution is 7.31. The van der Waals surface area contributed by atoms with E-state index in [0.29, 0.717) is 0 Å². The van der Waals surface area contributed by atoms with Gasteiger partial charge in [0.15, 0.2) is 0 Å². The summed E-state index contributed by atoms with van der Waals surface area (Å²) in [5.74, 6) is 0. The maximum Gasteiger partial charge on any atom is 0.0481 e. The van der Waals surface area contributed by atoms with Crippen molar-refractivity contribution in [1.29, 1.82) is 0 Å². The van der Waals surface area contributed by atoms with Crippen LogP contribution in [0.25, 0.3) is 68.3 Å². The number of thiophene rings is 8. The quantitative estimate of drug-likeness (QED) is 0.130. The Hall–Kier alpha value is -2.40. The van der Waals surface area contributed by atoms with Crippen molar-refractivity contribution in [1.82, 2.24) is 0 Å². The second kappa shape index (κ2) is 13.5. The molecule has 0 fully saturated rings. The van der Waals surface area contributed by atoms with Gasteiger partial charge >= 0.3 is 0 Å². The summed E-state index contributed by atoms with van der Waals surface area (Å²) in [7, 11) is 0. The van der Waals surface area contributed by atoms with E-state index in [-0.39, 0.29) is 0 Å². The van der Waals surface area contributed by atoms with E-state index in [9.17, 15) is 0 Å². The van der Waals surface area contributed by atoms with Gasteiger partial charge in [-0.15, -0.1) is 90.7 Å². The molecule has 0 amide bonds. The molecule has 0 spiro atoms. The van der Waals surface area contributed by atoms with Gasteiger partial charge in [-0.3, -0.25) is 0 Å². The molecule has 0 nitrogen and oxygen atoms in total. The molecule has 0 saturated heterocycles. The van der Waals surface area contributed by atoms with Gasteiger partial charge in [0, 0.05) is 68.3 Å². The second-order valence-corrected chi connectivity index (χ2v) is 19.6. The molecule has 8 aromatic rings. The Kier molecular flexibility index (Phi) is 9.14. The fourth-order valence-corrected chi connectivity index (χ4v) is 15.2. The van der Waals surface area contributed by atoms with Gasteiger partial charge < -0.3 is 0 Å². The van der Waals surface area contributed by atoms with Crippen LogP contribution in [0.5, 0.6) is 0 Å². The number of hydrogen-bond acceptors (Lipinski definition) is 8. The number of aryl methyl sites for hydroxylation is 4. The van der Waals surface area contributed by atoms with Gasteiger partial charge in [0.05, 0.1) is 0 Å². The Morgan fingerprint density at radius 3 is 1.17 bits per heavy atom. The first-order valence-corrected chi connectivity index (χ1v) is 22.5.